The lowest BCUT2D eigenvalue weighted by Gasteiger charge is -2.09. The van der Waals surface area contributed by atoms with Crippen LogP contribution in [0.5, 0.6) is 11.5 Å². The highest BCUT2D eigenvalue weighted by molar-refractivity contribution is 9.10. The largest absolute Gasteiger partial charge is 0.456 e. The average molecular weight is 421 g/mol. The van der Waals surface area contributed by atoms with Gasteiger partial charge in [0.25, 0.3) is 5.69 Å². The first-order chi connectivity index (χ1) is 9.51. The number of alkyl halides is 1. The number of ether oxygens (including phenoxy) is 1. The Labute approximate surface area is 137 Å². The number of halogens is 3. The predicted octanol–water partition coefficient (Wildman–Crippen LogP) is 5.65. The summed E-state index contributed by atoms with van der Waals surface area (Å²) in [6.07, 6.45) is 0. The van der Waals surface area contributed by atoms with Gasteiger partial charge >= 0.3 is 0 Å². The van der Waals surface area contributed by atoms with Crippen molar-refractivity contribution in [1.82, 2.24) is 0 Å². The summed E-state index contributed by atoms with van der Waals surface area (Å²) < 4.78 is 7.12. The zero-order valence-electron chi connectivity index (χ0n) is 9.98. The number of hydrogen-bond donors (Lipinski definition) is 0. The minimum Gasteiger partial charge on any atom is -0.456 e. The van der Waals surface area contributed by atoms with Gasteiger partial charge < -0.3 is 4.74 Å². The first kappa shape index (κ1) is 15.3. The van der Waals surface area contributed by atoms with Gasteiger partial charge in [-0.1, -0.05) is 22.0 Å². The molecule has 2 rings (SSSR count). The van der Waals surface area contributed by atoms with Crippen molar-refractivity contribution in [2.75, 3.05) is 0 Å². The maximum absolute atomic E-state index is 10.8. The van der Waals surface area contributed by atoms with Crippen LogP contribution in [0.15, 0.2) is 45.3 Å². The van der Waals surface area contributed by atoms with Crippen LogP contribution in [0.3, 0.4) is 0 Å². The quantitative estimate of drug-likeness (QED) is 0.364. The van der Waals surface area contributed by atoms with Crippen LogP contribution in [0.4, 0.5) is 5.69 Å². The molecule has 7 heteroatoms. The smallest absolute Gasteiger partial charge is 0.273 e. The molecule has 0 unspecified atom stereocenters. The van der Waals surface area contributed by atoms with Gasteiger partial charge in [-0.3, -0.25) is 10.1 Å². The Kier molecular flexibility index (Phi) is 5.01. The molecule has 104 valence electrons. The molecule has 0 bridgehead atoms. The lowest BCUT2D eigenvalue weighted by Crippen LogP contribution is -1.91. The fraction of sp³-hybridized carbons (Fsp3) is 0.0769. The molecule has 0 radical (unpaired) electrons. The Morgan fingerprint density at radius 2 is 1.90 bits per heavy atom. The van der Waals surface area contributed by atoms with Gasteiger partial charge in [0.05, 0.1) is 15.5 Å². The van der Waals surface area contributed by atoms with Crippen molar-refractivity contribution in [2.45, 2.75) is 5.88 Å². The van der Waals surface area contributed by atoms with Crippen molar-refractivity contribution in [3.8, 4) is 11.5 Å². The zero-order chi connectivity index (χ0) is 14.7. The molecule has 0 atom stereocenters. The highest BCUT2D eigenvalue weighted by Crippen LogP contribution is 2.34. The molecule has 20 heavy (non-hydrogen) atoms. The monoisotopic (exact) mass is 419 g/mol. The van der Waals surface area contributed by atoms with Gasteiger partial charge in [-0.2, -0.15) is 0 Å². The van der Waals surface area contributed by atoms with Crippen molar-refractivity contribution < 1.29 is 9.66 Å². The highest BCUT2D eigenvalue weighted by Gasteiger charge is 2.12. The third-order valence-corrected chi connectivity index (χ3v) is 4.20. The molecule has 0 aliphatic heterocycles. The van der Waals surface area contributed by atoms with E-state index in [-0.39, 0.29) is 5.69 Å². The van der Waals surface area contributed by atoms with Crippen molar-refractivity contribution >= 4 is 49.1 Å². The van der Waals surface area contributed by atoms with Crippen molar-refractivity contribution in [3.63, 3.8) is 0 Å². The molecule has 0 aliphatic carbocycles. The van der Waals surface area contributed by atoms with Crippen LogP contribution in [0.1, 0.15) is 5.56 Å². The summed E-state index contributed by atoms with van der Waals surface area (Å²) in [6.45, 7) is 0. The number of nitro benzene ring substituents is 1. The molecule has 0 N–H and O–H groups in total. The zero-order valence-corrected chi connectivity index (χ0v) is 13.9. The topological polar surface area (TPSA) is 52.4 Å². The minimum atomic E-state index is -0.466. The van der Waals surface area contributed by atoms with Crippen molar-refractivity contribution in [1.29, 1.82) is 0 Å². The van der Waals surface area contributed by atoms with Crippen molar-refractivity contribution in [3.05, 3.63) is 61.0 Å². The Balaban J connectivity index is 2.32. The molecular formula is C13H8Br2ClNO3. The number of non-ortho nitro benzene ring substituents is 1. The Bertz CT molecular complexity index is 664. The molecule has 0 saturated heterocycles. The lowest BCUT2D eigenvalue weighted by atomic mass is 10.2. The van der Waals surface area contributed by atoms with Gasteiger partial charge in [-0.05, 0) is 39.7 Å². The summed E-state index contributed by atoms with van der Waals surface area (Å²) in [5, 5.41) is 10.8. The van der Waals surface area contributed by atoms with E-state index < -0.39 is 4.92 Å². The molecular weight excluding hydrogens is 413 g/mol. The van der Waals surface area contributed by atoms with E-state index in [9.17, 15) is 10.1 Å². The lowest BCUT2D eigenvalue weighted by molar-refractivity contribution is -0.384. The van der Waals surface area contributed by atoms with Gasteiger partial charge in [0.1, 0.15) is 11.5 Å². The number of nitro groups is 1. The van der Waals surface area contributed by atoms with Crippen LogP contribution in [0.25, 0.3) is 0 Å². The minimum absolute atomic E-state index is 0.0281. The predicted molar refractivity (Wildman–Crippen MR) is 84.6 cm³/mol. The third kappa shape index (κ3) is 3.50. The van der Waals surface area contributed by atoms with E-state index in [4.69, 9.17) is 16.3 Å². The number of hydrogen-bond acceptors (Lipinski definition) is 3. The van der Waals surface area contributed by atoms with E-state index in [0.29, 0.717) is 21.9 Å². The van der Waals surface area contributed by atoms with Crippen LogP contribution >= 0.6 is 43.5 Å². The highest BCUT2D eigenvalue weighted by atomic mass is 79.9. The molecule has 2 aromatic rings. The maximum atomic E-state index is 10.8. The fourth-order valence-electron chi connectivity index (χ4n) is 1.51. The van der Waals surface area contributed by atoms with E-state index >= 15 is 0 Å². The van der Waals surface area contributed by atoms with Crippen LogP contribution in [0, 0.1) is 10.1 Å². The third-order valence-electron chi connectivity index (χ3n) is 2.52. The summed E-state index contributed by atoms with van der Waals surface area (Å²) in [7, 11) is 0. The summed E-state index contributed by atoms with van der Waals surface area (Å²) in [5.41, 5.74) is 0.914. The van der Waals surface area contributed by atoms with Gasteiger partial charge in [0, 0.05) is 16.4 Å². The number of nitrogens with zero attached hydrogens (tertiary/aromatic N) is 1. The first-order valence-electron chi connectivity index (χ1n) is 5.47. The molecule has 0 amide bonds. The SMILES string of the molecule is O=[N+]([O-])c1ccc(Br)c(Oc2ccc(CCl)c(Br)c2)c1. The molecule has 2 aromatic carbocycles. The van der Waals surface area contributed by atoms with Crippen LogP contribution in [-0.2, 0) is 5.88 Å². The number of benzene rings is 2. The second-order valence-corrected chi connectivity index (χ2v) is 5.84. The molecule has 0 heterocycles. The second-order valence-electron chi connectivity index (χ2n) is 3.86. The normalized spacial score (nSPS) is 10.3. The van der Waals surface area contributed by atoms with Gasteiger partial charge in [0.2, 0.25) is 0 Å². The van der Waals surface area contributed by atoms with Crippen LogP contribution < -0.4 is 4.74 Å². The second kappa shape index (κ2) is 6.56. The summed E-state index contributed by atoms with van der Waals surface area (Å²) >= 11 is 12.5. The fourth-order valence-corrected chi connectivity index (χ4v) is 2.73. The summed E-state index contributed by atoms with van der Waals surface area (Å²) in [5.74, 6) is 1.33. The van der Waals surface area contributed by atoms with E-state index in [1.807, 2.05) is 6.07 Å². The first-order valence-corrected chi connectivity index (χ1v) is 7.59. The molecule has 4 nitrogen and oxygen atoms in total. The molecule has 0 fully saturated rings. The van der Waals surface area contributed by atoms with Crippen LogP contribution in [-0.4, -0.2) is 4.92 Å². The van der Waals surface area contributed by atoms with Gasteiger partial charge in [-0.25, -0.2) is 0 Å². The standard InChI is InChI=1S/C13H8Br2ClNO3/c14-11-4-2-9(17(18)19)5-13(11)20-10-3-1-8(7-16)12(15)6-10/h1-6H,7H2. The molecule has 0 aliphatic rings. The maximum Gasteiger partial charge on any atom is 0.273 e. The Morgan fingerprint density at radius 3 is 2.50 bits per heavy atom. The van der Waals surface area contributed by atoms with E-state index in [1.165, 1.54) is 12.1 Å². The molecule has 0 spiro atoms. The van der Waals surface area contributed by atoms with Gasteiger partial charge in [-0.15, -0.1) is 11.6 Å². The molecule has 0 aromatic heterocycles. The summed E-state index contributed by atoms with van der Waals surface area (Å²) in [6, 6.07) is 9.71. The van der Waals surface area contributed by atoms with E-state index in [2.05, 4.69) is 31.9 Å². The average Bonchev–Trinajstić information content (AvgIpc) is 2.41. The van der Waals surface area contributed by atoms with Crippen LogP contribution in [0.2, 0.25) is 0 Å². The Morgan fingerprint density at radius 1 is 1.15 bits per heavy atom. The molecule has 0 saturated carbocycles. The van der Waals surface area contributed by atoms with E-state index in [1.54, 1.807) is 18.2 Å². The number of rotatable bonds is 4. The van der Waals surface area contributed by atoms with Crippen molar-refractivity contribution in [2.24, 2.45) is 0 Å². The van der Waals surface area contributed by atoms with Gasteiger partial charge in [0.15, 0.2) is 0 Å². The Hall–Kier alpha value is -1.11. The summed E-state index contributed by atoms with van der Waals surface area (Å²) in [4.78, 5) is 10.3. The van der Waals surface area contributed by atoms with E-state index in [0.717, 1.165) is 10.0 Å².